The van der Waals surface area contributed by atoms with Crippen LogP contribution in [-0.2, 0) is 4.74 Å². The van der Waals surface area contributed by atoms with Crippen molar-refractivity contribution in [1.82, 2.24) is 4.90 Å². The fourth-order valence-electron chi connectivity index (χ4n) is 2.28. The molecule has 0 spiro atoms. The van der Waals surface area contributed by atoms with Crippen LogP contribution in [0, 0.1) is 0 Å². The molecule has 1 amide bonds. The minimum absolute atomic E-state index is 0.0980. The summed E-state index contributed by atoms with van der Waals surface area (Å²) in [5, 5.41) is 0. The van der Waals surface area contributed by atoms with Gasteiger partial charge in [-0.25, -0.2) is 0 Å². The van der Waals surface area contributed by atoms with Crippen LogP contribution in [0.15, 0.2) is 29.2 Å². The van der Waals surface area contributed by atoms with Gasteiger partial charge >= 0.3 is 0 Å². The lowest BCUT2D eigenvalue weighted by molar-refractivity contribution is 0.0146. The van der Waals surface area contributed by atoms with Gasteiger partial charge in [0.05, 0.1) is 6.10 Å². The maximum absolute atomic E-state index is 12.3. The summed E-state index contributed by atoms with van der Waals surface area (Å²) in [7, 11) is 0. The first-order chi connectivity index (χ1) is 8.70. The summed E-state index contributed by atoms with van der Waals surface area (Å²) in [6.07, 6.45) is 2.18. The lowest BCUT2D eigenvalue weighted by Crippen LogP contribution is -2.40. The van der Waals surface area contributed by atoms with Gasteiger partial charge in [-0.15, -0.1) is 12.6 Å². The number of ether oxygens (including phenoxy) is 1. The van der Waals surface area contributed by atoms with Gasteiger partial charge in [-0.2, -0.15) is 0 Å². The number of likely N-dealkylation sites (tertiary alicyclic amines) is 1. The molecule has 3 nitrogen and oxygen atoms in total. The Balaban J connectivity index is 1.95. The van der Waals surface area contributed by atoms with Crippen LogP contribution in [0.3, 0.4) is 0 Å². The number of amides is 1. The van der Waals surface area contributed by atoms with Gasteiger partial charge in [0, 0.05) is 30.2 Å². The second-order valence-electron chi connectivity index (χ2n) is 4.50. The van der Waals surface area contributed by atoms with E-state index in [9.17, 15) is 4.79 Å². The maximum atomic E-state index is 12.3. The van der Waals surface area contributed by atoms with E-state index >= 15 is 0 Å². The number of hydrogen-bond donors (Lipinski definition) is 1. The van der Waals surface area contributed by atoms with Crippen molar-refractivity contribution in [3.8, 4) is 0 Å². The molecule has 1 heterocycles. The summed E-state index contributed by atoms with van der Waals surface area (Å²) in [6.45, 7) is 4.32. The highest BCUT2D eigenvalue weighted by atomic mass is 32.1. The highest BCUT2D eigenvalue weighted by Crippen LogP contribution is 2.17. The van der Waals surface area contributed by atoms with E-state index in [0.717, 1.165) is 43.0 Å². The molecule has 1 aromatic rings. The Morgan fingerprint density at radius 1 is 1.44 bits per heavy atom. The number of thiol groups is 1. The smallest absolute Gasteiger partial charge is 0.253 e. The zero-order chi connectivity index (χ0) is 13.0. The molecule has 98 valence electrons. The monoisotopic (exact) mass is 265 g/mol. The Kier molecular flexibility index (Phi) is 4.66. The van der Waals surface area contributed by atoms with Crippen molar-refractivity contribution in [2.24, 2.45) is 0 Å². The van der Waals surface area contributed by atoms with Gasteiger partial charge in [-0.05, 0) is 38.0 Å². The van der Waals surface area contributed by atoms with E-state index in [1.165, 1.54) is 0 Å². The Labute approximate surface area is 114 Å². The van der Waals surface area contributed by atoms with Gasteiger partial charge in [0.1, 0.15) is 0 Å². The lowest BCUT2D eigenvalue weighted by Gasteiger charge is -2.31. The molecule has 0 atom stereocenters. The van der Waals surface area contributed by atoms with Crippen molar-refractivity contribution in [2.75, 3.05) is 19.7 Å². The summed E-state index contributed by atoms with van der Waals surface area (Å²) in [5.41, 5.74) is 0.720. The van der Waals surface area contributed by atoms with Crippen LogP contribution < -0.4 is 0 Å². The summed E-state index contributed by atoms with van der Waals surface area (Å²) in [5.74, 6) is 0.0980. The largest absolute Gasteiger partial charge is 0.378 e. The van der Waals surface area contributed by atoms with Crippen LogP contribution in [0.25, 0.3) is 0 Å². The summed E-state index contributed by atoms with van der Waals surface area (Å²) < 4.78 is 5.59. The van der Waals surface area contributed by atoms with Gasteiger partial charge in [0.15, 0.2) is 0 Å². The van der Waals surface area contributed by atoms with Crippen LogP contribution in [0.1, 0.15) is 30.1 Å². The second kappa shape index (κ2) is 6.25. The minimum Gasteiger partial charge on any atom is -0.378 e. The van der Waals surface area contributed by atoms with Crippen molar-refractivity contribution in [1.29, 1.82) is 0 Å². The molecule has 0 saturated carbocycles. The average molecular weight is 265 g/mol. The van der Waals surface area contributed by atoms with Gasteiger partial charge in [0.25, 0.3) is 5.91 Å². The second-order valence-corrected chi connectivity index (χ2v) is 5.01. The molecule has 0 aliphatic carbocycles. The predicted molar refractivity (Wildman–Crippen MR) is 74.2 cm³/mol. The molecule has 1 aromatic carbocycles. The van der Waals surface area contributed by atoms with Crippen molar-refractivity contribution in [3.05, 3.63) is 29.8 Å². The molecule has 1 saturated heterocycles. The summed E-state index contributed by atoms with van der Waals surface area (Å²) >= 11 is 4.26. The van der Waals surface area contributed by atoms with E-state index in [2.05, 4.69) is 12.6 Å². The van der Waals surface area contributed by atoms with Crippen molar-refractivity contribution >= 4 is 18.5 Å². The third kappa shape index (κ3) is 3.27. The van der Waals surface area contributed by atoms with Crippen LogP contribution in [0.2, 0.25) is 0 Å². The normalized spacial score (nSPS) is 16.9. The summed E-state index contributed by atoms with van der Waals surface area (Å²) in [4.78, 5) is 15.0. The molecular formula is C14H19NO2S. The number of carbonyl (C=O) groups is 1. The number of hydrogen-bond acceptors (Lipinski definition) is 3. The van der Waals surface area contributed by atoms with Gasteiger partial charge in [-0.1, -0.05) is 6.07 Å². The highest BCUT2D eigenvalue weighted by molar-refractivity contribution is 7.80. The maximum Gasteiger partial charge on any atom is 0.253 e. The molecule has 0 aromatic heterocycles. The molecule has 1 fully saturated rings. The van der Waals surface area contributed by atoms with E-state index in [1.54, 1.807) is 0 Å². The van der Waals surface area contributed by atoms with E-state index < -0.39 is 0 Å². The Morgan fingerprint density at radius 3 is 2.78 bits per heavy atom. The number of carbonyl (C=O) groups excluding carboxylic acids is 1. The van der Waals surface area contributed by atoms with Gasteiger partial charge < -0.3 is 9.64 Å². The SMILES string of the molecule is CCOC1CCN(C(=O)c2cccc(S)c2)CC1. The number of rotatable bonds is 3. The molecule has 2 rings (SSSR count). The Hall–Kier alpha value is -1.00. The third-order valence-corrected chi connectivity index (χ3v) is 3.50. The van der Waals surface area contributed by atoms with E-state index in [0.29, 0.717) is 6.10 Å². The van der Waals surface area contributed by atoms with Crippen LogP contribution in [0.4, 0.5) is 0 Å². The summed E-state index contributed by atoms with van der Waals surface area (Å²) in [6, 6.07) is 7.40. The Bertz CT molecular complexity index is 414. The third-order valence-electron chi connectivity index (χ3n) is 3.22. The van der Waals surface area contributed by atoms with Gasteiger partial charge in [-0.3, -0.25) is 4.79 Å². The fraction of sp³-hybridized carbons (Fsp3) is 0.500. The Morgan fingerprint density at radius 2 is 2.17 bits per heavy atom. The first-order valence-electron chi connectivity index (χ1n) is 6.40. The predicted octanol–water partition coefficient (Wildman–Crippen LogP) is 2.62. The zero-order valence-electron chi connectivity index (χ0n) is 10.6. The van der Waals surface area contributed by atoms with E-state index in [4.69, 9.17) is 4.74 Å². The van der Waals surface area contributed by atoms with Crippen LogP contribution in [0.5, 0.6) is 0 Å². The number of nitrogens with zero attached hydrogens (tertiary/aromatic N) is 1. The van der Waals surface area contributed by atoms with E-state index in [1.807, 2.05) is 36.1 Å². The first kappa shape index (κ1) is 13.4. The molecule has 1 aliphatic rings. The molecule has 0 radical (unpaired) electrons. The highest BCUT2D eigenvalue weighted by Gasteiger charge is 2.23. The molecule has 18 heavy (non-hydrogen) atoms. The standard InChI is InChI=1S/C14H19NO2S/c1-2-17-12-6-8-15(9-7-12)14(16)11-4-3-5-13(18)10-11/h3-5,10,12,18H,2,6-9H2,1H3. The lowest BCUT2D eigenvalue weighted by atomic mass is 10.1. The van der Waals surface area contributed by atoms with Crippen molar-refractivity contribution < 1.29 is 9.53 Å². The minimum atomic E-state index is 0.0980. The number of piperidine rings is 1. The van der Waals surface area contributed by atoms with Crippen LogP contribution in [-0.4, -0.2) is 36.6 Å². The quantitative estimate of drug-likeness (QED) is 0.851. The molecule has 1 aliphatic heterocycles. The molecule has 0 unspecified atom stereocenters. The molecule has 4 heteroatoms. The van der Waals surface area contributed by atoms with Crippen LogP contribution >= 0.6 is 12.6 Å². The molecular weight excluding hydrogens is 246 g/mol. The van der Waals surface area contributed by atoms with E-state index in [-0.39, 0.29) is 5.91 Å². The zero-order valence-corrected chi connectivity index (χ0v) is 11.5. The molecule has 0 bridgehead atoms. The molecule has 0 N–H and O–H groups in total. The fourth-order valence-corrected chi connectivity index (χ4v) is 2.51. The van der Waals surface area contributed by atoms with Crippen molar-refractivity contribution in [2.45, 2.75) is 30.8 Å². The van der Waals surface area contributed by atoms with Crippen molar-refractivity contribution in [3.63, 3.8) is 0 Å². The topological polar surface area (TPSA) is 29.5 Å². The number of benzene rings is 1. The first-order valence-corrected chi connectivity index (χ1v) is 6.85. The average Bonchev–Trinajstić information content (AvgIpc) is 2.39. The van der Waals surface area contributed by atoms with Gasteiger partial charge in [0.2, 0.25) is 0 Å².